The first-order valence-electron chi connectivity index (χ1n) is 4.63. The van der Waals surface area contributed by atoms with Crippen LogP contribution < -0.4 is 5.32 Å². The summed E-state index contributed by atoms with van der Waals surface area (Å²) in [7, 11) is -7.56. The number of benzene rings is 1. The summed E-state index contributed by atoms with van der Waals surface area (Å²) in [6.07, 6.45) is 2.69. The van der Waals surface area contributed by atoms with Gasteiger partial charge in [0.15, 0.2) is 23.9 Å². The highest BCUT2D eigenvalue weighted by atomic mass is 32.3. The number of hydrogen-bond acceptors (Lipinski definition) is 5. The fourth-order valence-corrected chi connectivity index (χ4v) is 3.91. The second-order valence-corrected chi connectivity index (χ2v) is 7.74. The minimum absolute atomic E-state index is 0.609. The molecule has 0 heterocycles. The maximum Gasteiger partial charge on any atom is 0.187 e. The van der Waals surface area contributed by atoms with Crippen molar-refractivity contribution in [3.63, 3.8) is 0 Å². The number of sulfone groups is 2. The molecule has 94 valence electrons. The van der Waals surface area contributed by atoms with E-state index < -0.39 is 23.9 Å². The second kappa shape index (κ2) is 4.89. The Morgan fingerprint density at radius 1 is 1.00 bits per heavy atom. The van der Waals surface area contributed by atoms with Gasteiger partial charge in [0.05, 0.1) is 0 Å². The molecule has 0 aromatic heterocycles. The summed E-state index contributed by atoms with van der Waals surface area (Å²) in [4.78, 5) is 0. The maximum atomic E-state index is 11.3. The van der Waals surface area contributed by atoms with E-state index >= 15 is 0 Å². The topological polar surface area (TPSA) is 80.3 Å². The van der Waals surface area contributed by atoms with Crippen LogP contribution in [0, 0.1) is 0 Å². The Morgan fingerprint density at radius 3 is 1.88 bits per heavy atom. The van der Waals surface area contributed by atoms with Gasteiger partial charge in [0.25, 0.3) is 0 Å². The molecule has 0 atom stereocenters. The first-order chi connectivity index (χ1) is 7.71. The molecule has 0 unspecified atom stereocenters. The number of nitrogens with one attached hydrogen (secondary N) is 1. The second-order valence-electron chi connectivity index (χ2n) is 3.52. The number of hydrogen-bond donors (Lipinski definition) is 1. The maximum absolute atomic E-state index is 11.3. The van der Waals surface area contributed by atoms with Crippen molar-refractivity contribution in [1.82, 2.24) is 0 Å². The van der Waals surface area contributed by atoms with E-state index in [2.05, 4.69) is 5.32 Å². The lowest BCUT2D eigenvalue weighted by Gasteiger charge is -2.04. The summed E-state index contributed by atoms with van der Waals surface area (Å²) in [5, 5.41) is 2.64. The van der Waals surface area contributed by atoms with E-state index in [0.717, 1.165) is 18.7 Å². The molecule has 1 rings (SSSR count). The Balaban J connectivity index is 3.11. The van der Waals surface area contributed by atoms with Crippen LogP contribution in [0.4, 0.5) is 5.69 Å². The molecule has 0 saturated heterocycles. The van der Waals surface area contributed by atoms with Gasteiger partial charge in [0, 0.05) is 24.4 Å². The summed E-state index contributed by atoms with van der Waals surface area (Å²) < 4.78 is 44.6. The molecule has 7 heteroatoms. The van der Waals surface area contributed by atoms with Crippen LogP contribution in [0.25, 0.3) is 0 Å². The van der Waals surface area contributed by atoms with Gasteiger partial charge in [-0.2, -0.15) is 0 Å². The summed E-state index contributed by atoms with van der Waals surface area (Å²) in [5.41, 5.74) is 0.609. The molecule has 0 aliphatic heterocycles. The molecule has 17 heavy (non-hydrogen) atoms. The largest absolute Gasteiger partial charge is 0.360 e. The molecule has 0 saturated carbocycles. The van der Waals surface area contributed by atoms with Gasteiger partial charge in [0.2, 0.25) is 0 Å². The van der Waals surface area contributed by atoms with Gasteiger partial charge >= 0.3 is 0 Å². The van der Waals surface area contributed by atoms with Crippen molar-refractivity contribution in [2.75, 3.05) is 17.8 Å². The molecule has 5 nitrogen and oxygen atoms in total. The van der Waals surface area contributed by atoms with Crippen LogP contribution >= 0.6 is 0 Å². The Bertz CT molecular complexity index is 582. The monoisotopic (exact) mass is 275 g/mol. The quantitative estimate of drug-likeness (QED) is 0.886. The minimum Gasteiger partial charge on any atom is -0.360 e. The van der Waals surface area contributed by atoms with E-state index in [1.54, 1.807) is 30.3 Å². The van der Waals surface area contributed by atoms with Crippen molar-refractivity contribution in [2.45, 2.75) is 0 Å². The summed E-state index contributed by atoms with van der Waals surface area (Å²) >= 11 is 0. The fourth-order valence-electron chi connectivity index (χ4n) is 1.17. The van der Waals surface area contributed by atoms with E-state index in [1.807, 2.05) is 0 Å². The molecule has 0 radical (unpaired) electrons. The number of anilines is 1. The Kier molecular flexibility index (Phi) is 3.94. The molecule has 1 aromatic rings. The third-order valence-electron chi connectivity index (χ3n) is 1.86. The minimum atomic E-state index is -3.78. The highest BCUT2D eigenvalue weighted by molar-refractivity contribution is 8.13. The van der Waals surface area contributed by atoms with Crippen LogP contribution in [-0.2, 0) is 19.7 Å². The lowest BCUT2D eigenvalue weighted by molar-refractivity contribution is 0.601. The summed E-state index contributed by atoms with van der Waals surface area (Å²) in [6.45, 7) is 0. The van der Waals surface area contributed by atoms with E-state index in [1.165, 1.54) is 0 Å². The van der Waals surface area contributed by atoms with Crippen molar-refractivity contribution >= 4 is 25.4 Å². The number of para-hydroxylation sites is 1. The van der Waals surface area contributed by atoms with Gasteiger partial charge in [0.1, 0.15) is 0 Å². The third kappa shape index (κ3) is 4.20. The lowest BCUT2D eigenvalue weighted by Crippen LogP contribution is -2.12. The summed E-state index contributed by atoms with van der Waals surface area (Å²) in [5.74, 6) is 0. The van der Waals surface area contributed by atoms with Gasteiger partial charge < -0.3 is 5.32 Å². The number of rotatable bonds is 4. The Morgan fingerprint density at radius 2 is 1.47 bits per heavy atom. The normalized spacial score (nSPS) is 11.9. The van der Waals surface area contributed by atoms with Crippen molar-refractivity contribution in [2.24, 2.45) is 0 Å². The van der Waals surface area contributed by atoms with Crippen LogP contribution in [0.2, 0.25) is 0 Å². The van der Waals surface area contributed by atoms with E-state index in [0.29, 0.717) is 5.69 Å². The molecular formula is C10H13NO4S2. The first-order valence-corrected chi connectivity index (χ1v) is 8.41. The molecular weight excluding hydrogens is 262 g/mol. The van der Waals surface area contributed by atoms with Crippen LogP contribution in [0.3, 0.4) is 0 Å². The highest BCUT2D eigenvalue weighted by Gasteiger charge is 2.22. The molecule has 0 aliphatic carbocycles. The standard InChI is InChI=1S/C10H13NO4S2/c1-16(12,13)10(17(2,14)15)8-11-9-6-4-3-5-7-9/h3-8,11H,1-2H3. The van der Waals surface area contributed by atoms with Crippen molar-refractivity contribution in [3.05, 3.63) is 40.8 Å². The van der Waals surface area contributed by atoms with Crippen LogP contribution in [-0.4, -0.2) is 29.3 Å². The molecule has 0 aliphatic rings. The molecule has 0 amide bonds. The van der Waals surface area contributed by atoms with Crippen LogP contribution in [0.1, 0.15) is 0 Å². The van der Waals surface area contributed by atoms with Gasteiger partial charge in [-0.1, -0.05) is 18.2 Å². The van der Waals surface area contributed by atoms with Crippen molar-refractivity contribution < 1.29 is 16.8 Å². The van der Waals surface area contributed by atoms with Crippen molar-refractivity contribution in [1.29, 1.82) is 0 Å². The highest BCUT2D eigenvalue weighted by Crippen LogP contribution is 2.13. The smallest absolute Gasteiger partial charge is 0.187 e. The van der Waals surface area contributed by atoms with E-state index in [-0.39, 0.29) is 0 Å². The SMILES string of the molecule is CS(=O)(=O)C(=CNc1ccccc1)S(C)(=O)=O. The molecule has 0 fully saturated rings. The summed E-state index contributed by atoms with van der Waals surface area (Å²) in [6, 6.07) is 8.67. The Labute approximate surface area is 101 Å². The van der Waals surface area contributed by atoms with E-state index in [9.17, 15) is 16.8 Å². The first kappa shape index (κ1) is 13.7. The van der Waals surface area contributed by atoms with Gasteiger partial charge in [-0.3, -0.25) is 0 Å². The average Bonchev–Trinajstić information content (AvgIpc) is 2.15. The van der Waals surface area contributed by atoms with Gasteiger partial charge in [-0.25, -0.2) is 16.8 Å². The molecule has 1 N–H and O–H groups in total. The average molecular weight is 275 g/mol. The third-order valence-corrected chi connectivity index (χ3v) is 5.38. The van der Waals surface area contributed by atoms with Gasteiger partial charge in [-0.15, -0.1) is 0 Å². The fraction of sp³-hybridized carbons (Fsp3) is 0.200. The zero-order valence-electron chi connectivity index (χ0n) is 9.41. The van der Waals surface area contributed by atoms with Crippen molar-refractivity contribution in [3.8, 4) is 0 Å². The van der Waals surface area contributed by atoms with Crippen LogP contribution in [0.5, 0.6) is 0 Å². The zero-order chi connectivity index (χ0) is 13.1. The Hall–Kier alpha value is -1.34. The molecule has 0 bridgehead atoms. The van der Waals surface area contributed by atoms with Crippen LogP contribution in [0.15, 0.2) is 40.8 Å². The van der Waals surface area contributed by atoms with E-state index in [4.69, 9.17) is 0 Å². The predicted octanol–water partition coefficient (Wildman–Crippen LogP) is 0.987. The zero-order valence-corrected chi connectivity index (χ0v) is 11.0. The lowest BCUT2D eigenvalue weighted by atomic mass is 10.3. The molecule has 1 aromatic carbocycles. The molecule has 0 spiro atoms. The predicted molar refractivity (Wildman–Crippen MR) is 67.8 cm³/mol. The van der Waals surface area contributed by atoms with Gasteiger partial charge in [-0.05, 0) is 12.1 Å².